The summed E-state index contributed by atoms with van der Waals surface area (Å²) >= 11 is 3.49. The van der Waals surface area contributed by atoms with Gasteiger partial charge >= 0.3 is 0 Å². The Morgan fingerprint density at radius 1 is 1.28 bits per heavy atom. The van der Waals surface area contributed by atoms with E-state index in [0.29, 0.717) is 0 Å². The van der Waals surface area contributed by atoms with E-state index in [1.165, 1.54) is 0 Å². The first kappa shape index (κ1) is 12.5. The highest BCUT2D eigenvalue weighted by molar-refractivity contribution is 9.10. The summed E-state index contributed by atoms with van der Waals surface area (Å²) < 4.78 is 12.9. The molecule has 1 aromatic carbocycles. The molecule has 1 aromatic rings. The summed E-state index contributed by atoms with van der Waals surface area (Å²) in [6, 6.07) is 6.18. The van der Waals surface area contributed by atoms with Gasteiger partial charge < -0.3 is 15.2 Å². The lowest BCUT2D eigenvalue weighted by atomic mass is 9.83. The van der Waals surface area contributed by atoms with Crippen molar-refractivity contribution in [3.8, 4) is 5.75 Å². The molecule has 3 rings (SSSR count). The summed E-state index contributed by atoms with van der Waals surface area (Å²) in [7, 11) is 0. The van der Waals surface area contributed by atoms with E-state index in [2.05, 4.69) is 22.0 Å². The van der Waals surface area contributed by atoms with Crippen LogP contribution in [0.5, 0.6) is 5.75 Å². The van der Waals surface area contributed by atoms with Crippen LogP contribution in [0.15, 0.2) is 22.7 Å². The lowest BCUT2D eigenvalue weighted by Gasteiger charge is -2.40. The SMILES string of the molecule is NC1CC2(CCCOCC2)Oc2cc(Br)ccc21. The number of benzene rings is 1. The number of hydrogen-bond acceptors (Lipinski definition) is 3. The van der Waals surface area contributed by atoms with E-state index in [-0.39, 0.29) is 11.6 Å². The zero-order chi connectivity index (χ0) is 12.6. The Labute approximate surface area is 116 Å². The van der Waals surface area contributed by atoms with Crippen molar-refractivity contribution in [3.05, 3.63) is 28.2 Å². The van der Waals surface area contributed by atoms with Gasteiger partial charge in [0.25, 0.3) is 0 Å². The highest BCUT2D eigenvalue weighted by atomic mass is 79.9. The molecule has 2 unspecified atom stereocenters. The minimum Gasteiger partial charge on any atom is -0.487 e. The Morgan fingerprint density at radius 2 is 2.17 bits per heavy atom. The van der Waals surface area contributed by atoms with Crippen LogP contribution in [0.4, 0.5) is 0 Å². The maximum Gasteiger partial charge on any atom is 0.126 e. The summed E-state index contributed by atoms with van der Waals surface area (Å²) in [5, 5.41) is 0. The highest BCUT2D eigenvalue weighted by Gasteiger charge is 2.40. The molecular weight excluding hydrogens is 294 g/mol. The molecule has 2 aliphatic rings. The Balaban J connectivity index is 1.93. The van der Waals surface area contributed by atoms with E-state index in [1.807, 2.05) is 12.1 Å². The molecule has 3 nitrogen and oxygen atoms in total. The zero-order valence-corrected chi connectivity index (χ0v) is 11.9. The first-order chi connectivity index (χ1) is 8.69. The number of hydrogen-bond donors (Lipinski definition) is 1. The summed E-state index contributed by atoms with van der Waals surface area (Å²) in [5.41, 5.74) is 7.31. The number of fused-ring (bicyclic) bond motifs is 1. The molecule has 0 amide bonds. The summed E-state index contributed by atoms with van der Waals surface area (Å²) in [6.45, 7) is 1.61. The number of ether oxygens (including phenoxy) is 2. The molecule has 0 radical (unpaired) electrons. The van der Waals surface area contributed by atoms with Crippen LogP contribution in [0.3, 0.4) is 0 Å². The van der Waals surface area contributed by atoms with Crippen molar-refractivity contribution in [2.75, 3.05) is 13.2 Å². The van der Waals surface area contributed by atoms with Crippen molar-refractivity contribution in [1.29, 1.82) is 0 Å². The van der Waals surface area contributed by atoms with Crippen molar-refractivity contribution in [3.63, 3.8) is 0 Å². The fraction of sp³-hybridized carbons (Fsp3) is 0.571. The monoisotopic (exact) mass is 311 g/mol. The second-order valence-corrected chi connectivity index (χ2v) is 6.16. The molecule has 2 heterocycles. The third-order valence-corrected chi connectivity index (χ3v) is 4.41. The predicted octanol–water partition coefficient (Wildman–Crippen LogP) is 3.17. The van der Waals surface area contributed by atoms with Crippen molar-refractivity contribution >= 4 is 15.9 Å². The first-order valence-electron chi connectivity index (χ1n) is 6.50. The van der Waals surface area contributed by atoms with E-state index >= 15 is 0 Å². The van der Waals surface area contributed by atoms with Gasteiger partial charge in [0.2, 0.25) is 0 Å². The van der Waals surface area contributed by atoms with Crippen LogP contribution in [-0.4, -0.2) is 18.8 Å². The van der Waals surface area contributed by atoms with Gasteiger partial charge in [-0.3, -0.25) is 0 Å². The Morgan fingerprint density at radius 3 is 3.06 bits per heavy atom. The maximum atomic E-state index is 6.32. The van der Waals surface area contributed by atoms with E-state index in [9.17, 15) is 0 Å². The minimum absolute atomic E-state index is 0.0694. The fourth-order valence-electron chi connectivity index (χ4n) is 2.98. The van der Waals surface area contributed by atoms with Gasteiger partial charge in [-0.2, -0.15) is 0 Å². The molecule has 0 saturated carbocycles. The molecule has 2 atom stereocenters. The standard InChI is InChI=1S/C14H18BrNO2/c15-10-2-3-11-12(16)9-14(18-13(11)8-10)4-1-6-17-7-5-14/h2-3,8,12H,1,4-7,9,16H2. The van der Waals surface area contributed by atoms with Crippen molar-refractivity contribution < 1.29 is 9.47 Å². The second kappa shape index (κ2) is 4.83. The van der Waals surface area contributed by atoms with Gasteiger partial charge in [0.05, 0.1) is 6.61 Å². The zero-order valence-electron chi connectivity index (χ0n) is 10.3. The fourth-order valence-corrected chi connectivity index (χ4v) is 3.32. The van der Waals surface area contributed by atoms with Crippen LogP contribution >= 0.6 is 15.9 Å². The first-order valence-corrected chi connectivity index (χ1v) is 7.30. The van der Waals surface area contributed by atoms with Crippen molar-refractivity contribution in [1.82, 2.24) is 0 Å². The minimum atomic E-state index is -0.121. The highest BCUT2D eigenvalue weighted by Crippen LogP contribution is 2.43. The van der Waals surface area contributed by atoms with Crippen molar-refractivity contribution in [2.24, 2.45) is 5.73 Å². The van der Waals surface area contributed by atoms with Crippen LogP contribution in [0.1, 0.15) is 37.3 Å². The van der Waals surface area contributed by atoms with Gasteiger partial charge in [0, 0.05) is 35.5 Å². The van der Waals surface area contributed by atoms with Crippen LogP contribution in [-0.2, 0) is 4.74 Å². The van der Waals surface area contributed by atoms with Gasteiger partial charge in [0.15, 0.2) is 0 Å². The van der Waals surface area contributed by atoms with Gasteiger partial charge in [-0.05, 0) is 25.0 Å². The summed E-state index contributed by atoms with van der Waals surface area (Å²) in [4.78, 5) is 0. The third-order valence-electron chi connectivity index (χ3n) is 3.92. The molecule has 0 aromatic heterocycles. The van der Waals surface area contributed by atoms with Gasteiger partial charge in [-0.1, -0.05) is 22.0 Å². The normalized spacial score (nSPS) is 31.6. The lowest BCUT2D eigenvalue weighted by molar-refractivity contribution is 0.0155. The molecule has 2 aliphatic heterocycles. The van der Waals surface area contributed by atoms with E-state index in [4.69, 9.17) is 15.2 Å². The van der Waals surface area contributed by atoms with Crippen molar-refractivity contribution in [2.45, 2.75) is 37.3 Å². The molecule has 1 saturated heterocycles. The average molecular weight is 312 g/mol. The quantitative estimate of drug-likeness (QED) is 0.800. The molecule has 0 aliphatic carbocycles. The average Bonchev–Trinajstić information content (AvgIpc) is 2.54. The van der Waals surface area contributed by atoms with Crippen LogP contribution in [0.2, 0.25) is 0 Å². The maximum absolute atomic E-state index is 6.32. The lowest BCUT2D eigenvalue weighted by Crippen LogP contribution is -2.43. The largest absolute Gasteiger partial charge is 0.487 e. The molecule has 4 heteroatoms. The van der Waals surface area contributed by atoms with E-state index < -0.39 is 0 Å². The molecular formula is C14H18BrNO2. The van der Waals surface area contributed by atoms with E-state index in [1.54, 1.807) is 0 Å². The molecule has 1 fully saturated rings. The number of rotatable bonds is 0. The topological polar surface area (TPSA) is 44.5 Å². The van der Waals surface area contributed by atoms with Crippen LogP contribution in [0.25, 0.3) is 0 Å². The molecule has 1 spiro atoms. The Hall–Kier alpha value is -0.580. The third kappa shape index (κ3) is 2.29. The van der Waals surface area contributed by atoms with Crippen LogP contribution in [0, 0.1) is 0 Å². The summed E-state index contributed by atoms with van der Waals surface area (Å²) in [5.74, 6) is 0.935. The number of halogens is 1. The molecule has 2 N–H and O–H groups in total. The smallest absolute Gasteiger partial charge is 0.126 e. The van der Waals surface area contributed by atoms with Gasteiger partial charge in [-0.15, -0.1) is 0 Å². The summed E-state index contributed by atoms with van der Waals surface area (Å²) in [6.07, 6.45) is 3.92. The second-order valence-electron chi connectivity index (χ2n) is 5.24. The molecule has 0 bridgehead atoms. The predicted molar refractivity (Wildman–Crippen MR) is 73.7 cm³/mol. The van der Waals surface area contributed by atoms with E-state index in [0.717, 1.165) is 54.7 Å². The Kier molecular flexibility index (Phi) is 3.34. The van der Waals surface area contributed by atoms with Gasteiger partial charge in [-0.25, -0.2) is 0 Å². The number of nitrogens with two attached hydrogens (primary N) is 1. The molecule has 18 heavy (non-hydrogen) atoms. The molecule has 98 valence electrons. The van der Waals surface area contributed by atoms with Gasteiger partial charge in [0.1, 0.15) is 11.4 Å². The van der Waals surface area contributed by atoms with Crippen LogP contribution < -0.4 is 10.5 Å². The Bertz CT molecular complexity index is 441.